The molecule has 1 heterocycles. The van der Waals surface area contributed by atoms with Crippen molar-refractivity contribution in [3.63, 3.8) is 0 Å². The van der Waals surface area contributed by atoms with Crippen molar-refractivity contribution in [3.05, 3.63) is 60.2 Å². The average Bonchev–Trinajstić information content (AvgIpc) is 2.70. The summed E-state index contributed by atoms with van der Waals surface area (Å²) >= 11 is 0. The second-order valence-corrected chi connectivity index (χ2v) is 4.67. The molecule has 0 radical (unpaired) electrons. The number of hydrogen-bond donors (Lipinski definition) is 1. The first-order valence-corrected chi connectivity index (χ1v) is 6.64. The van der Waals surface area contributed by atoms with Crippen molar-refractivity contribution in [3.8, 4) is 5.75 Å². The maximum Gasteiger partial charge on any atom is 0.322 e. The van der Waals surface area contributed by atoms with Crippen molar-refractivity contribution in [1.82, 2.24) is 4.90 Å². The van der Waals surface area contributed by atoms with Crippen LogP contribution in [-0.4, -0.2) is 24.1 Å². The molecule has 2 aromatic carbocycles. The highest BCUT2D eigenvalue weighted by molar-refractivity contribution is 5.89. The lowest BCUT2D eigenvalue weighted by Crippen LogP contribution is -2.36. The van der Waals surface area contributed by atoms with Crippen LogP contribution in [0.2, 0.25) is 0 Å². The fourth-order valence-electron chi connectivity index (χ4n) is 2.22. The Hall–Kier alpha value is -2.49. The minimum Gasteiger partial charge on any atom is -0.491 e. The van der Waals surface area contributed by atoms with Gasteiger partial charge in [0.25, 0.3) is 0 Å². The van der Waals surface area contributed by atoms with Crippen LogP contribution in [0.4, 0.5) is 10.5 Å². The van der Waals surface area contributed by atoms with Gasteiger partial charge in [0, 0.05) is 11.3 Å². The highest BCUT2D eigenvalue weighted by Gasteiger charge is 2.19. The lowest BCUT2D eigenvalue weighted by Gasteiger charge is -2.20. The summed E-state index contributed by atoms with van der Waals surface area (Å²) in [6.45, 7) is 1.65. The van der Waals surface area contributed by atoms with E-state index in [1.54, 1.807) is 4.90 Å². The van der Waals surface area contributed by atoms with Crippen LogP contribution in [0.1, 0.15) is 5.56 Å². The Morgan fingerprint density at radius 3 is 2.65 bits per heavy atom. The van der Waals surface area contributed by atoms with Gasteiger partial charge in [0.1, 0.15) is 12.4 Å². The molecule has 1 aliphatic rings. The largest absolute Gasteiger partial charge is 0.491 e. The summed E-state index contributed by atoms with van der Waals surface area (Å²) in [5.41, 5.74) is 1.84. The fraction of sp³-hybridized carbons (Fsp3) is 0.188. The number of rotatable bonds is 1. The van der Waals surface area contributed by atoms with Gasteiger partial charge in [0.05, 0.1) is 13.1 Å². The monoisotopic (exact) mass is 268 g/mol. The normalized spacial score (nSPS) is 13.9. The van der Waals surface area contributed by atoms with Crippen molar-refractivity contribution in [2.24, 2.45) is 0 Å². The van der Waals surface area contributed by atoms with E-state index in [1.807, 2.05) is 54.6 Å². The van der Waals surface area contributed by atoms with Gasteiger partial charge in [-0.25, -0.2) is 4.79 Å². The van der Waals surface area contributed by atoms with Gasteiger partial charge in [-0.2, -0.15) is 0 Å². The topological polar surface area (TPSA) is 41.6 Å². The number of carbonyl (C=O) groups is 1. The molecule has 0 saturated heterocycles. The van der Waals surface area contributed by atoms with Crippen LogP contribution in [0.15, 0.2) is 54.6 Å². The predicted molar refractivity (Wildman–Crippen MR) is 77.8 cm³/mol. The molecule has 1 N–H and O–H groups in total. The van der Waals surface area contributed by atoms with Gasteiger partial charge >= 0.3 is 6.03 Å². The Kier molecular flexibility index (Phi) is 3.54. The zero-order valence-corrected chi connectivity index (χ0v) is 11.1. The van der Waals surface area contributed by atoms with Gasteiger partial charge in [-0.15, -0.1) is 0 Å². The molecule has 0 unspecified atom stereocenters. The summed E-state index contributed by atoms with van der Waals surface area (Å²) in [6.07, 6.45) is 0. The van der Waals surface area contributed by atoms with Crippen LogP contribution >= 0.6 is 0 Å². The van der Waals surface area contributed by atoms with E-state index in [9.17, 15) is 4.79 Å². The summed E-state index contributed by atoms with van der Waals surface area (Å²) < 4.78 is 5.66. The first-order chi connectivity index (χ1) is 9.83. The van der Waals surface area contributed by atoms with Crippen LogP contribution in [0, 0.1) is 0 Å². The molecule has 0 fully saturated rings. The fourth-order valence-corrected chi connectivity index (χ4v) is 2.22. The number of ether oxygens (including phenoxy) is 1. The number of nitrogens with one attached hydrogen (secondary N) is 1. The molecule has 0 atom stereocenters. The molecule has 20 heavy (non-hydrogen) atoms. The number of carbonyl (C=O) groups excluding carboxylic acids is 1. The zero-order chi connectivity index (χ0) is 13.8. The molecule has 0 aliphatic carbocycles. The van der Waals surface area contributed by atoms with E-state index in [2.05, 4.69) is 5.32 Å². The maximum absolute atomic E-state index is 12.3. The second kappa shape index (κ2) is 5.65. The van der Waals surface area contributed by atoms with E-state index < -0.39 is 0 Å². The summed E-state index contributed by atoms with van der Waals surface area (Å²) in [6, 6.07) is 17.2. The maximum atomic E-state index is 12.3. The van der Waals surface area contributed by atoms with Crippen molar-refractivity contribution < 1.29 is 9.53 Å². The van der Waals surface area contributed by atoms with Gasteiger partial charge in [0.2, 0.25) is 0 Å². The van der Waals surface area contributed by atoms with E-state index >= 15 is 0 Å². The third kappa shape index (κ3) is 2.74. The minimum atomic E-state index is -0.100. The van der Waals surface area contributed by atoms with E-state index in [1.165, 1.54) is 0 Å². The number of amides is 2. The molecule has 0 saturated carbocycles. The number of para-hydroxylation sites is 2. The molecular formula is C16H16N2O2. The Morgan fingerprint density at radius 1 is 1.05 bits per heavy atom. The Labute approximate surface area is 118 Å². The van der Waals surface area contributed by atoms with Crippen LogP contribution in [0.3, 0.4) is 0 Å². The van der Waals surface area contributed by atoms with Gasteiger partial charge in [-0.1, -0.05) is 36.4 Å². The number of hydrogen-bond acceptors (Lipinski definition) is 2. The standard InChI is InChI=1S/C16H16N2O2/c19-16(17-14-7-2-1-3-8-14)18-10-11-20-15-9-5-4-6-13(15)12-18/h1-9H,10-12H2,(H,17,19). The summed E-state index contributed by atoms with van der Waals surface area (Å²) in [5.74, 6) is 0.863. The average molecular weight is 268 g/mol. The number of benzene rings is 2. The van der Waals surface area contributed by atoms with Gasteiger partial charge in [-0.3, -0.25) is 0 Å². The van der Waals surface area contributed by atoms with Gasteiger partial charge in [-0.05, 0) is 18.2 Å². The molecule has 0 aromatic heterocycles. The molecule has 0 bridgehead atoms. The number of nitrogens with zero attached hydrogens (tertiary/aromatic N) is 1. The van der Waals surface area contributed by atoms with E-state index in [4.69, 9.17) is 4.74 Å². The van der Waals surface area contributed by atoms with E-state index in [0.29, 0.717) is 19.7 Å². The zero-order valence-electron chi connectivity index (χ0n) is 11.1. The van der Waals surface area contributed by atoms with Crippen LogP contribution in [0.5, 0.6) is 5.75 Å². The quantitative estimate of drug-likeness (QED) is 0.863. The van der Waals surface area contributed by atoms with Crippen LogP contribution in [0.25, 0.3) is 0 Å². The van der Waals surface area contributed by atoms with Gasteiger partial charge in [0.15, 0.2) is 0 Å². The van der Waals surface area contributed by atoms with Crippen molar-refractivity contribution >= 4 is 11.7 Å². The highest BCUT2D eigenvalue weighted by Crippen LogP contribution is 2.22. The lowest BCUT2D eigenvalue weighted by molar-refractivity contribution is 0.200. The molecule has 0 spiro atoms. The number of urea groups is 1. The Balaban J connectivity index is 1.73. The van der Waals surface area contributed by atoms with E-state index in [0.717, 1.165) is 17.0 Å². The van der Waals surface area contributed by atoms with Crippen molar-refractivity contribution in [2.45, 2.75) is 6.54 Å². The number of fused-ring (bicyclic) bond motifs is 1. The van der Waals surface area contributed by atoms with Crippen molar-refractivity contribution in [2.75, 3.05) is 18.5 Å². The molecule has 2 amide bonds. The molecular weight excluding hydrogens is 252 g/mol. The number of anilines is 1. The first-order valence-electron chi connectivity index (χ1n) is 6.64. The Morgan fingerprint density at radius 2 is 1.80 bits per heavy atom. The summed E-state index contributed by atoms with van der Waals surface area (Å²) in [5, 5.41) is 2.90. The lowest BCUT2D eigenvalue weighted by atomic mass is 10.2. The molecule has 1 aliphatic heterocycles. The van der Waals surface area contributed by atoms with E-state index in [-0.39, 0.29) is 6.03 Å². The molecule has 4 heteroatoms. The van der Waals surface area contributed by atoms with Crippen LogP contribution in [-0.2, 0) is 6.54 Å². The first kappa shape index (κ1) is 12.5. The predicted octanol–water partition coefficient (Wildman–Crippen LogP) is 3.11. The SMILES string of the molecule is O=C(Nc1ccccc1)N1CCOc2ccccc2C1. The molecule has 4 nitrogen and oxygen atoms in total. The minimum absolute atomic E-state index is 0.100. The third-order valence-corrected chi connectivity index (χ3v) is 3.26. The van der Waals surface area contributed by atoms with Gasteiger partial charge < -0.3 is 15.0 Å². The van der Waals surface area contributed by atoms with Crippen molar-refractivity contribution in [1.29, 1.82) is 0 Å². The smallest absolute Gasteiger partial charge is 0.322 e. The highest BCUT2D eigenvalue weighted by atomic mass is 16.5. The molecule has 3 rings (SSSR count). The third-order valence-electron chi connectivity index (χ3n) is 3.26. The Bertz CT molecular complexity index is 598. The molecule has 2 aromatic rings. The van der Waals surface area contributed by atoms with Crippen LogP contribution < -0.4 is 10.1 Å². The summed E-state index contributed by atoms with van der Waals surface area (Å²) in [4.78, 5) is 14.1. The molecule has 102 valence electrons. The summed E-state index contributed by atoms with van der Waals surface area (Å²) in [7, 11) is 0. The second-order valence-electron chi connectivity index (χ2n) is 4.67.